The smallest absolute Gasteiger partial charge is 0.191 e. The third kappa shape index (κ3) is 2.66. The number of aryl methyl sites for hydroxylation is 1. The summed E-state index contributed by atoms with van der Waals surface area (Å²) in [6.45, 7) is 1.87. The highest BCUT2D eigenvalue weighted by molar-refractivity contribution is 7.98. The van der Waals surface area contributed by atoms with E-state index in [0.29, 0.717) is 11.6 Å². The van der Waals surface area contributed by atoms with Crippen LogP contribution in [0.4, 0.5) is 4.39 Å². The Bertz CT molecular complexity index is 995. The molecule has 0 bridgehead atoms. The van der Waals surface area contributed by atoms with Crippen LogP contribution in [0.1, 0.15) is 11.4 Å². The van der Waals surface area contributed by atoms with Gasteiger partial charge in [0.15, 0.2) is 10.8 Å². The molecule has 23 heavy (non-hydrogen) atoms. The lowest BCUT2D eigenvalue weighted by atomic mass is 10.2. The van der Waals surface area contributed by atoms with Gasteiger partial charge >= 0.3 is 0 Å². The number of thioether (sulfide) groups is 1. The molecule has 0 aliphatic carbocycles. The highest BCUT2D eigenvalue weighted by atomic mass is 32.2. The van der Waals surface area contributed by atoms with Crippen LogP contribution in [-0.4, -0.2) is 19.6 Å². The second-order valence-corrected chi connectivity index (χ2v) is 6.16. The van der Waals surface area contributed by atoms with Crippen molar-refractivity contribution in [2.24, 2.45) is 0 Å². The number of fused-ring (bicyclic) bond motifs is 3. The van der Waals surface area contributed by atoms with Crippen molar-refractivity contribution in [3.05, 3.63) is 65.7 Å². The Morgan fingerprint density at radius 1 is 1.04 bits per heavy atom. The van der Waals surface area contributed by atoms with Gasteiger partial charge in [-0.3, -0.25) is 0 Å². The molecule has 0 amide bonds. The third-order valence-corrected chi connectivity index (χ3v) is 4.54. The molecule has 4 rings (SSSR count). The number of nitrogens with zero attached hydrogens (tertiary/aromatic N) is 4. The summed E-state index contributed by atoms with van der Waals surface area (Å²) in [5, 5.41) is 6.22. The molecule has 0 N–H and O–H groups in total. The van der Waals surface area contributed by atoms with Crippen molar-refractivity contribution < 1.29 is 4.39 Å². The van der Waals surface area contributed by atoms with Gasteiger partial charge in [-0.05, 0) is 36.8 Å². The molecule has 4 nitrogen and oxygen atoms in total. The quantitative estimate of drug-likeness (QED) is 0.422. The van der Waals surface area contributed by atoms with Gasteiger partial charge in [-0.1, -0.05) is 36.0 Å². The molecule has 0 radical (unpaired) electrons. The highest BCUT2D eigenvalue weighted by Gasteiger charge is 2.12. The molecule has 114 valence electrons. The van der Waals surface area contributed by atoms with Crippen LogP contribution < -0.4 is 0 Å². The van der Waals surface area contributed by atoms with Gasteiger partial charge in [0.05, 0.1) is 5.52 Å². The maximum absolute atomic E-state index is 13.0. The Hall–Kier alpha value is -2.47. The van der Waals surface area contributed by atoms with Gasteiger partial charge in [0, 0.05) is 11.1 Å². The fourth-order valence-electron chi connectivity index (χ4n) is 2.46. The minimum Gasteiger partial charge on any atom is -0.222 e. The number of halogens is 1. The second kappa shape index (κ2) is 5.62. The van der Waals surface area contributed by atoms with Crippen LogP contribution in [0.25, 0.3) is 16.6 Å². The first-order valence-corrected chi connectivity index (χ1v) is 8.18. The van der Waals surface area contributed by atoms with E-state index in [4.69, 9.17) is 4.98 Å². The molecule has 0 spiro atoms. The standard InChI is InChI=1S/C17H13FN4S/c1-11-19-16-14-4-2-3-5-15(14)20-17(22(16)21-11)23-10-12-6-8-13(18)9-7-12/h2-9H,10H2,1H3. The molecule has 0 fully saturated rings. The van der Waals surface area contributed by atoms with Crippen LogP contribution in [-0.2, 0) is 5.75 Å². The predicted octanol–water partition coefficient (Wildman–Crippen LogP) is 4.02. The number of benzene rings is 2. The summed E-state index contributed by atoms with van der Waals surface area (Å²) in [7, 11) is 0. The molecule has 2 heterocycles. The number of hydrogen-bond donors (Lipinski definition) is 0. The van der Waals surface area contributed by atoms with Crippen molar-refractivity contribution in [1.82, 2.24) is 19.6 Å². The van der Waals surface area contributed by atoms with Crippen LogP contribution in [0.2, 0.25) is 0 Å². The van der Waals surface area contributed by atoms with E-state index in [-0.39, 0.29) is 5.82 Å². The molecule has 2 aromatic carbocycles. The van der Waals surface area contributed by atoms with E-state index < -0.39 is 0 Å². The molecule has 6 heteroatoms. The Balaban J connectivity index is 1.77. The zero-order valence-corrected chi connectivity index (χ0v) is 13.2. The van der Waals surface area contributed by atoms with Crippen molar-refractivity contribution in [3.8, 4) is 0 Å². The summed E-state index contributed by atoms with van der Waals surface area (Å²) in [6.07, 6.45) is 0. The molecule has 0 aliphatic heterocycles. The van der Waals surface area contributed by atoms with Crippen LogP contribution >= 0.6 is 11.8 Å². The second-order valence-electron chi connectivity index (χ2n) is 5.22. The van der Waals surface area contributed by atoms with Crippen molar-refractivity contribution in [2.45, 2.75) is 17.8 Å². The number of aromatic nitrogens is 4. The number of hydrogen-bond acceptors (Lipinski definition) is 4. The average molecular weight is 324 g/mol. The molecule has 0 aliphatic rings. The van der Waals surface area contributed by atoms with Gasteiger partial charge in [-0.25, -0.2) is 14.4 Å². The number of rotatable bonds is 3. The molecule has 4 aromatic rings. The lowest BCUT2D eigenvalue weighted by Crippen LogP contribution is -1.98. The Morgan fingerprint density at radius 2 is 1.83 bits per heavy atom. The molecule has 0 saturated carbocycles. The van der Waals surface area contributed by atoms with Gasteiger partial charge in [0.2, 0.25) is 0 Å². The van der Waals surface area contributed by atoms with E-state index in [1.54, 1.807) is 28.4 Å². The summed E-state index contributed by atoms with van der Waals surface area (Å²) in [4.78, 5) is 9.22. The number of para-hydroxylation sites is 1. The van der Waals surface area contributed by atoms with E-state index in [0.717, 1.165) is 27.3 Å². The zero-order chi connectivity index (χ0) is 15.8. The summed E-state index contributed by atoms with van der Waals surface area (Å²) in [6, 6.07) is 14.4. The van der Waals surface area contributed by atoms with Gasteiger partial charge < -0.3 is 0 Å². The van der Waals surface area contributed by atoms with Gasteiger partial charge in [0.1, 0.15) is 11.6 Å². The first-order valence-electron chi connectivity index (χ1n) is 7.20. The van der Waals surface area contributed by atoms with Crippen molar-refractivity contribution >= 4 is 28.3 Å². The van der Waals surface area contributed by atoms with E-state index >= 15 is 0 Å². The minimum atomic E-state index is -0.225. The average Bonchev–Trinajstić information content (AvgIpc) is 2.96. The first-order chi connectivity index (χ1) is 11.2. The molecule has 0 atom stereocenters. The molecular formula is C17H13FN4S. The van der Waals surface area contributed by atoms with Crippen LogP contribution in [0.3, 0.4) is 0 Å². The van der Waals surface area contributed by atoms with Crippen molar-refractivity contribution in [1.29, 1.82) is 0 Å². The Labute approximate surface area is 136 Å². The summed E-state index contributed by atoms with van der Waals surface area (Å²) >= 11 is 1.56. The minimum absolute atomic E-state index is 0.225. The maximum Gasteiger partial charge on any atom is 0.191 e. The fourth-order valence-corrected chi connectivity index (χ4v) is 3.36. The Morgan fingerprint density at radius 3 is 2.65 bits per heavy atom. The van der Waals surface area contributed by atoms with Gasteiger partial charge in [-0.15, -0.1) is 5.10 Å². The highest BCUT2D eigenvalue weighted by Crippen LogP contribution is 2.26. The molecule has 2 aromatic heterocycles. The largest absolute Gasteiger partial charge is 0.222 e. The maximum atomic E-state index is 13.0. The van der Waals surface area contributed by atoms with E-state index in [9.17, 15) is 4.39 Å². The molecular weight excluding hydrogens is 311 g/mol. The molecule has 0 unspecified atom stereocenters. The topological polar surface area (TPSA) is 43.1 Å². The predicted molar refractivity (Wildman–Crippen MR) is 89.0 cm³/mol. The summed E-state index contributed by atoms with van der Waals surface area (Å²) < 4.78 is 14.8. The van der Waals surface area contributed by atoms with E-state index in [1.165, 1.54) is 12.1 Å². The fraction of sp³-hybridized carbons (Fsp3) is 0.118. The van der Waals surface area contributed by atoms with Crippen LogP contribution in [0, 0.1) is 12.7 Å². The molecule has 0 saturated heterocycles. The zero-order valence-electron chi connectivity index (χ0n) is 12.4. The summed E-state index contributed by atoms with van der Waals surface area (Å²) in [5.41, 5.74) is 2.75. The van der Waals surface area contributed by atoms with E-state index in [2.05, 4.69) is 10.1 Å². The Kier molecular flexibility index (Phi) is 3.46. The monoisotopic (exact) mass is 324 g/mol. The third-order valence-electron chi connectivity index (χ3n) is 3.54. The van der Waals surface area contributed by atoms with Crippen molar-refractivity contribution in [3.63, 3.8) is 0 Å². The lowest BCUT2D eigenvalue weighted by Gasteiger charge is -2.06. The first kappa shape index (κ1) is 14.1. The lowest BCUT2D eigenvalue weighted by molar-refractivity contribution is 0.627. The van der Waals surface area contributed by atoms with Gasteiger partial charge in [-0.2, -0.15) is 4.52 Å². The normalized spacial score (nSPS) is 11.4. The van der Waals surface area contributed by atoms with Crippen molar-refractivity contribution in [2.75, 3.05) is 0 Å². The van der Waals surface area contributed by atoms with Crippen LogP contribution in [0.15, 0.2) is 53.7 Å². The summed E-state index contributed by atoms with van der Waals surface area (Å²) in [5.74, 6) is 1.18. The SMILES string of the molecule is Cc1nc2c3ccccc3nc(SCc3ccc(F)cc3)n2n1. The van der Waals surface area contributed by atoms with Crippen LogP contribution in [0.5, 0.6) is 0 Å². The van der Waals surface area contributed by atoms with E-state index in [1.807, 2.05) is 31.2 Å². The van der Waals surface area contributed by atoms with Gasteiger partial charge in [0.25, 0.3) is 0 Å².